The topological polar surface area (TPSA) is 86.8 Å². The maximum absolute atomic E-state index is 13.9. The molecule has 38 heavy (non-hydrogen) atoms. The van der Waals surface area contributed by atoms with Gasteiger partial charge in [0.1, 0.15) is 12.6 Å². The van der Waals surface area contributed by atoms with E-state index in [4.69, 9.17) is 0 Å². The van der Waals surface area contributed by atoms with E-state index in [1.165, 1.54) is 17.0 Å². The lowest BCUT2D eigenvalue weighted by Gasteiger charge is -2.33. The summed E-state index contributed by atoms with van der Waals surface area (Å²) in [4.78, 5) is 28.6. The molecule has 0 aliphatic heterocycles. The highest BCUT2D eigenvalue weighted by molar-refractivity contribution is 7.92. The number of benzene rings is 3. The highest BCUT2D eigenvalue weighted by atomic mass is 32.2. The van der Waals surface area contributed by atoms with Crippen LogP contribution in [-0.2, 0) is 26.2 Å². The molecule has 3 rings (SSSR count). The highest BCUT2D eigenvalue weighted by Crippen LogP contribution is 2.25. The van der Waals surface area contributed by atoms with Gasteiger partial charge in [-0.3, -0.25) is 13.9 Å². The van der Waals surface area contributed by atoms with E-state index in [0.717, 1.165) is 21.0 Å². The summed E-state index contributed by atoms with van der Waals surface area (Å²) in [6.45, 7) is 10.8. The Kier molecular flexibility index (Phi) is 8.99. The van der Waals surface area contributed by atoms with E-state index >= 15 is 0 Å². The summed E-state index contributed by atoms with van der Waals surface area (Å²) in [5.41, 5.74) is 2.62. The van der Waals surface area contributed by atoms with Crippen molar-refractivity contribution in [1.29, 1.82) is 0 Å². The third-order valence-electron chi connectivity index (χ3n) is 6.00. The molecule has 1 atom stereocenters. The van der Waals surface area contributed by atoms with Crippen molar-refractivity contribution in [3.63, 3.8) is 0 Å². The predicted octanol–water partition coefficient (Wildman–Crippen LogP) is 4.83. The molecule has 0 aromatic heterocycles. The summed E-state index contributed by atoms with van der Waals surface area (Å²) in [7, 11) is -4.07. The van der Waals surface area contributed by atoms with Crippen molar-refractivity contribution >= 4 is 27.5 Å². The summed E-state index contributed by atoms with van der Waals surface area (Å²) in [6, 6.07) is 21.9. The third kappa shape index (κ3) is 7.44. The van der Waals surface area contributed by atoms with E-state index in [9.17, 15) is 18.0 Å². The van der Waals surface area contributed by atoms with Gasteiger partial charge in [-0.25, -0.2) is 8.42 Å². The maximum atomic E-state index is 13.9. The molecule has 0 aliphatic carbocycles. The Hall–Kier alpha value is -3.65. The molecule has 0 spiro atoms. The first-order chi connectivity index (χ1) is 17.8. The summed E-state index contributed by atoms with van der Waals surface area (Å²) < 4.78 is 28.7. The van der Waals surface area contributed by atoms with Crippen LogP contribution in [0.5, 0.6) is 0 Å². The fourth-order valence-corrected chi connectivity index (χ4v) is 5.52. The molecule has 3 aromatic carbocycles. The van der Waals surface area contributed by atoms with Crippen molar-refractivity contribution < 1.29 is 18.0 Å². The summed E-state index contributed by atoms with van der Waals surface area (Å²) in [5.74, 6) is -0.796. The monoisotopic (exact) mass is 535 g/mol. The normalized spacial score (nSPS) is 12.5. The minimum atomic E-state index is -4.07. The molecule has 1 N–H and O–H groups in total. The molecule has 0 saturated carbocycles. The highest BCUT2D eigenvalue weighted by Gasteiger charge is 2.33. The number of nitrogens with zero attached hydrogens (tertiary/aromatic N) is 2. The van der Waals surface area contributed by atoms with Crippen molar-refractivity contribution in [2.45, 2.75) is 64.6 Å². The lowest BCUT2D eigenvalue weighted by Crippen LogP contribution is -2.54. The van der Waals surface area contributed by atoms with Crippen LogP contribution in [0.1, 0.15) is 44.4 Å². The molecule has 0 fully saturated rings. The zero-order valence-electron chi connectivity index (χ0n) is 22.9. The number of anilines is 1. The van der Waals surface area contributed by atoms with E-state index in [2.05, 4.69) is 5.32 Å². The summed E-state index contributed by atoms with van der Waals surface area (Å²) >= 11 is 0. The number of nitrogens with one attached hydrogen (secondary N) is 1. The van der Waals surface area contributed by atoms with Crippen molar-refractivity contribution in [2.75, 3.05) is 10.8 Å². The molecular weight excluding hydrogens is 498 g/mol. The second-order valence-corrected chi connectivity index (χ2v) is 12.5. The lowest BCUT2D eigenvalue weighted by atomic mass is 10.1. The number of sulfonamides is 1. The lowest BCUT2D eigenvalue weighted by molar-refractivity contribution is -0.140. The molecule has 0 unspecified atom stereocenters. The van der Waals surface area contributed by atoms with Crippen molar-refractivity contribution in [1.82, 2.24) is 10.2 Å². The van der Waals surface area contributed by atoms with Gasteiger partial charge in [0.2, 0.25) is 11.8 Å². The zero-order valence-corrected chi connectivity index (χ0v) is 23.7. The van der Waals surface area contributed by atoms with Crippen LogP contribution >= 0.6 is 0 Å². The molecule has 3 aromatic rings. The average molecular weight is 536 g/mol. The fourth-order valence-electron chi connectivity index (χ4n) is 4.10. The van der Waals surface area contributed by atoms with Crippen LogP contribution in [0.4, 0.5) is 5.69 Å². The van der Waals surface area contributed by atoms with Crippen LogP contribution < -0.4 is 9.62 Å². The molecule has 2 amide bonds. The van der Waals surface area contributed by atoms with Crippen LogP contribution in [0.25, 0.3) is 0 Å². The molecule has 0 bridgehead atoms. The minimum Gasteiger partial charge on any atom is -0.350 e. The van der Waals surface area contributed by atoms with Gasteiger partial charge in [-0.15, -0.1) is 0 Å². The van der Waals surface area contributed by atoms with Gasteiger partial charge < -0.3 is 10.2 Å². The molecule has 0 radical (unpaired) electrons. The maximum Gasteiger partial charge on any atom is 0.264 e. The largest absolute Gasteiger partial charge is 0.350 e. The second-order valence-electron chi connectivity index (χ2n) is 10.6. The minimum absolute atomic E-state index is 0.0815. The number of carbonyl (C=O) groups excluding carboxylic acids is 2. The number of hydrogen-bond donors (Lipinski definition) is 1. The van der Waals surface area contributed by atoms with E-state index in [1.54, 1.807) is 43.3 Å². The summed E-state index contributed by atoms with van der Waals surface area (Å²) in [6.07, 6.45) is 0. The van der Waals surface area contributed by atoms with Gasteiger partial charge in [0.25, 0.3) is 10.0 Å². The standard InChI is InChI=1S/C30H37N3O4S/c1-22-12-10-14-25(18-22)20-32(24(3)29(35)31-30(4,5)6)28(34)21-33(26-15-11-13-23(2)19-26)38(36,37)27-16-8-7-9-17-27/h7-19,24H,20-21H2,1-6H3,(H,31,35)/t24-/m0/s1. The van der Waals surface area contributed by atoms with Gasteiger partial charge in [0.05, 0.1) is 10.6 Å². The molecular formula is C30H37N3O4S. The first kappa shape index (κ1) is 28.9. The first-order valence-electron chi connectivity index (χ1n) is 12.6. The van der Waals surface area contributed by atoms with Gasteiger partial charge in [0, 0.05) is 12.1 Å². The second kappa shape index (κ2) is 11.8. The number of rotatable bonds is 9. The average Bonchev–Trinajstić information content (AvgIpc) is 2.84. The molecule has 8 heteroatoms. The van der Waals surface area contributed by atoms with Crippen LogP contribution in [0, 0.1) is 13.8 Å². The number of carbonyl (C=O) groups is 2. The van der Waals surface area contributed by atoms with Gasteiger partial charge in [-0.05, 0) is 76.9 Å². The van der Waals surface area contributed by atoms with Crippen LogP contribution in [0.2, 0.25) is 0 Å². The number of hydrogen-bond acceptors (Lipinski definition) is 4. The number of amides is 2. The molecule has 0 saturated heterocycles. The Labute approximate surface area is 226 Å². The zero-order chi connectivity index (χ0) is 28.1. The van der Waals surface area contributed by atoms with Crippen molar-refractivity contribution in [3.8, 4) is 0 Å². The summed E-state index contributed by atoms with van der Waals surface area (Å²) in [5, 5.41) is 2.94. The van der Waals surface area contributed by atoms with Crippen LogP contribution in [-0.4, -0.2) is 43.3 Å². The molecule has 7 nitrogen and oxygen atoms in total. The smallest absolute Gasteiger partial charge is 0.264 e. The third-order valence-corrected chi connectivity index (χ3v) is 7.79. The van der Waals surface area contributed by atoms with Gasteiger partial charge in [-0.2, -0.15) is 0 Å². The van der Waals surface area contributed by atoms with Gasteiger partial charge in [0.15, 0.2) is 0 Å². The van der Waals surface area contributed by atoms with Gasteiger partial charge in [-0.1, -0.05) is 60.2 Å². The van der Waals surface area contributed by atoms with Crippen LogP contribution in [0.15, 0.2) is 83.8 Å². The van der Waals surface area contributed by atoms with Crippen molar-refractivity contribution in [3.05, 3.63) is 95.6 Å². The molecule has 202 valence electrons. The van der Waals surface area contributed by atoms with Crippen molar-refractivity contribution in [2.24, 2.45) is 0 Å². The first-order valence-corrected chi connectivity index (χ1v) is 14.0. The van der Waals surface area contributed by atoms with Gasteiger partial charge >= 0.3 is 0 Å². The predicted molar refractivity (Wildman–Crippen MR) is 151 cm³/mol. The Bertz CT molecular complexity index is 1380. The molecule has 0 aliphatic rings. The fraction of sp³-hybridized carbons (Fsp3) is 0.333. The van der Waals surface area contributed by atoms with E-state index in [1.807, 2.05) is 65.0 Å². The Morgan fingerprint density at radius 2 is 1.47 bits per heavy atom. The SMILES string of the molecule is Cc1cccc(CN(C(=O)CN(c2cccc(C)c2)S(=O)(=O)c2ccccc2)[C@@H](C)C(=O)NC(C)(C)C)c1. The number of aryl methyl sites for hydroxylation is 2. The Balaban J connectivity index is 2.03. The van der Waals surface area contributed by atoms with E-state index in [0.29, 0.717) is 5.69 Å². The Morgan fingerprint density at radius 1 is 0.868 bits per heavy atom. The quantitative estimate of drug-likeness (QED) is 0.425. The van der Waals surface area contributed by atoms with E-state index in [-0.39, 0.29) is 17.3 Å². The van der Waals surface area contributed by atoms with E-state index < -0.39 is 34.1 Å². The molecule has 0 heterocycles. The Morgan fingerprint density at radius 3 is 2.05 bits per heavy atom. The van der Waals surface area contributed by atoms with Crippen LogP contribution in [0.3, 0.4) is 0 Å².